The highest BCUT2D eigenvalue weighted by Gasteiger charge is 2.34. The first kappa shape index (κ1) is 23.4. The number of nitrogens with zero attached hydrogens (tertiary/aromatic N) is 1. The summed E-state index contributed by atoms with van der Waals surface area (Å²) in [6.45, 7) is 0.0757. The number of dihydropyridines is 1. The number of benzene rings is 3. The molecule has 0 radical (unpaired) electrons. The number of nitrogens with one attached hydrogen (secondary N) is 1. The molecule has 0 spiro atoms. The summed E-state index contributed by atoms with van der Waals surface area (Å²) in [6.07, 6.45) is 2.87. The fourth-order valence-electron chi connectivity index (χ4n) is 3.70. The monoisotopic (exact) mass is 470 g/mol. The molecule has 0 aromatic heterocycles. The predicted octanol–water partition coefficient (Wildman–Crippen LogP) is 4.54. The van der Waals surface area contributed by atoms with Gasteiger partial charge in [-0.3, -0.25) is 10.1 Å². The van der Waals surface area contributed by atoms with Crippen LogP contribution in [0.5, 0.6) is 0 Å². The number of non-ortho nitro benzene ring substituents is 1. The van der Waals surface area contributed by atoms with Crippen LogP contribution in [0.2, 0.25) is 0 Å². The fourth-order valence-corrected chi connectivity index (χ4v) is 3.70. The smallest absolute Gasteiger partial charge is 0.336 e. The normalized spacial score (nSPS) is 13.1. The molecule has 3 aromatic rings. The van der Waals surface area contributed by atoms with Crippen molar-refractivity contribution in [1.82, 2.24) is 5.32 Å². The van der Waals surface area contributed by atoms with E-state index in [2.05, 4.69) is 5.32 Å². The van der Waals surface area contributed by atoms with Crippen LogP contribution in [0.4, 0.5) is 5.69 Å². The lowest BCUT2D eigenvalue weighted by Crippen LogP contribution is -2.27. The number of nitro groups is 1. The highest BCUT2D eigenvalue weighted by molar-refractivity contribution is 5.98. The summed E-state index contributed by atoms with van der Waals surface area (Å²) in [5.74, 6) is -2.22. The second kappa shape index (κ2) is 10.9. The Morgan fingerprint density at radius 3 is 1.77 bits per heavy atom. The van der Waals surface area contributed by atoms with Gasteiger partial charge in [-0.1, -0.05) is 72.8 Å². The van der Waals surface area contributed by atoms with Crippen molar-refractivity contribution in [3.05, 3.63) is 135 Å². The van der Waals surface area contributed by atoms with Crippen molar-refractivity contribution in [2.45, 2.75) is 19.1 Å². The minimum Gasteiger partial charge on any atom is -0.457 e. The van der Waals surface area contributed by atoms with Gasteiger partial charge in [0.1, 0.15) is 13.2 Å². The molecule has 0 saturated carbocycles. The van der Waals surface area contributed by atoms with Gasteiger partial charge < -0.3 is 14.8 Å². The zero-order valence-electron chi connectivity index (χ0n) is 18.6. The number of carbonyl (C=O) groups excluding carboxylic acids is 2. The maximum absolute atomic E-state index is 13.1. The molecule has 1 N–H and O–H groups in total. The van der Waals surface area contributed by atoms with Crippen molar-refractivity contribution >= 4 is 17.6 Å². The van der Waals surface area contributed by atoms with Gasteiger partial charge in [0.25, 0.3) is 5.69 Å². The van der Waals surface area contributed by atoms with Crippen molar-refractivity contribution < 1.29 is 24.0 Å². The lowest BCUT2D eigenvalue weighted by atomic mass is 9.83. The Labute approximate surface area is 201 Å². The van der Waals surface area contributed by atoms with E-state index in [1.807, 2.05) is 60.7 Å². The molecule has 0 saturated heterocycles. The van der Waals surface area contributed by atoms with Crippen LogP contribution in [0.25, 0.3) is 0 Å². The second-order valence-electron chi connectivity index (χ2n) is 7.77. The molecule has 1 heterocycles. The number of ether oxygens (including phenoxy) is 2. The van der Waals surface area contributed by atoms with Gasteiger partial charge in [0.15, 0.2) is 0 Å². The lowest BCUT2D eigenvalue weighted by Gasteiger charge is -2.25. The SMILES string of the molecule is O=C(OCc1ccccc1)C1=CNC=C(C(=O)OCc2ccccc2)C1c1cccc([N+](=O)[O-])c1. The lowest BCUT2D eigenvalue weighted by molar-refractivity contribution is -0.384. The average Bonchev–Trinajstić information content (AvgIpc) is 2.91. The van der Waals surface area contributed by atoms with Gasteiger partial charge in [0, 0.05) is 24.5 Å². The zero-order chi connectivity index (χ0) is 24.6. The minimum atomic E-state index is -0.914. The number of hydrogen-bond acceptors (Lipinski definition) is 7. The van der Waals surface area contributed by atoms with Gasteiger partial charge in [-0.2, -0.15) is 0 Å². The van der Waals surface area contributed by atoms with Crippen LogP contribution in [0.3, 0.4) is 0 Å². The number of rotatable bonds is 8. The van der Waals surface area contributed by atoms with E-state index in [0.29, 0.717) is 5.56 Å². The Morgan fingerprint density at radius 2 is 1.29 bits per heavy atom. The van der Waals surface area contributed by atoms with Crippen LogP contribution in [0.15, 0.2) is 108 Å². The van der Waals surface area contributed by atoms with E-state index in [9.17, 15) is 19.7 Å². The summed E-state index contributed by atoms with van der Waals surface area (Å²) in [5.41, 5.74) is 2.11. The molecule has 1 aliphatic heterocycles. The van der Waals surface area contributed by atoms with Crippen LogP contribution in [-0.4, -0.2) is 16.9 Å². The first-order valence-corrected chi connectivity index (χ1v) is 10.9. The van der Waals surface area contributed by atoms with Gasteiger partial charge in [0.05, 0.1) is 22.0 Å². The van der Waals surface area contributed by atoms with Crippen LogP contribution in [0.1, 0.15) is 22.6 Å². The van der Waals surface area contributed by atoms with Crippen molar-refractivity contribution in [3.8, 4) is 0 Å². The zero-order valence-corrected chi connectivity index (χ0v) is 18.6. The molecule has 1 aliphatic rings. The minimum absolute atomic E-state index is 0.0379. The summed E-state index contributed by atoms with van der Waals surface area (Å²) < 4.78 is 11.0. The van der Waals surface area contributed by atoms with E-state index in [-0.39, 0.29) is 30.0 Å². The topological polar surface area (TPSA) is 108 Å². The van der Waals surface area contributed by atoms with Crippen LogP contribution in [0, 0.1) is 10.1 Å². The maximum Gasteiger partial charge on any atom is 0.336 e. The van der Waals surface area contributed by atoms with Crippen molar-refractivity contribution in [3.63, 3.8) is 0 Å². The Kier molecular flexibility index (Phi) is 7.32. The standard InChI is InChI=1S/C27H22N2O6/c30-26(34-17-19-8-3-1-4-9-19)23-15-28-16-24(27(31)35-18-20-10-5-2-6-11-20)25(23)21-12-7-13-22(14-21)29(32)33/h1-16,25,28H,17-18H2. The molecule has 0 bridgehead atoms. The van der Waals surface area contributed by atoms with Gasteiger partial charge in [-0.15, -0.1) is 0 Å². The van der Waals surface area contributed by atoms with Crippen molar-refractivity contribution in [2.24, 2.45) is 0 Å². The number of nitro benzene ring substituents is 1. The van der Waals surface area contributed by atoms with Gasteiger partial charge in [0.2, 0.25) is 0 Å². The first-order chi connectivity index (χ1) is 17.0. The molecule has 8 heteroatoms. The Balaban J connectivity index is 1.60. The average molecular weight is 470 g/mol. The van der Waals surface area contributed by atoms with E-state index in [1.165, 1.54) is 30.6 Å². The predicted molar refractivity (Wildman–Crippen MR) is 128 cm³/mol. The first-order valence-electron chi connectivity index (χ1n) is 10.9. The van der Waals surface area contributed by atoms with Gasteiger partial charge in [-0.05, 0) is 16.7 Å². The third-order valence-electron chi connectivity index (χ3n) is 5.41. The summed E-state index contributed by atoms with van der Waals surface area (Å²) in [5, 5.41) is 14.2. The summed E-state index contributed by atoms with van der Waals surface area (Å²) >= 11 is 0. The molecule has 0 unspecified atom stereocenters. The van der Waals surface area contributed by atoms with Gasteiger partial charge >= 0.3 is 11.9 Å². The number of hydrogen-bond donors (Lipinski definition) is 1. The third kappa shape index (κ3) is 5.80. The fraction of sp³-hybridized carbons (Fsp3) is 0.111. The quantitative estimate of drug-likeness (QED) is 0.293. The third-order valence-corrected chi connectivity index (χ3v) is 5.41. The Bertz CT molecular complexity index is 1210. The molecular weight excluding hydrogens is 448 g/mol. The molecule has 0 aliphatic carbocycles. The van der Waals surface area contributed by atoms with E-state index in [1.54, 1.807) is 6.07 Å². The molecule has 176 valence electrons. The van der Waals surface area contributed by atoms with Crippen LogP contribution < -0.4 is 5.32 Å². The number of esters is 2. The van der Waals surface area contributed by atoms with E-state index in [0.717, 1.165) is 11.1 Å². The van der Waals surface area contributed by atoms with Crippen molar-refractivity contribution in [1.29, 1.82) is 0 Å². The van der Waals surface area contributed by atoms with E-state index < -0.39 is 22.8 Å². The highest BCUT2D eigenvalue weighted by Crippen LogP contribution is 2.36. The molecule has 0 amide bonds. The van der Waals surface area contributed by atoms with Crippen molar-refractivity contribution in [2.75, 3.05) is 0 Å². The van der Waals surface area contributed by atoms with Gasteiger partial charge in [-0.25, -0.2) is 9.59 Å². The molecular formula is C27H22N2O6. The largest absolute Gasteiger partial charge is 0.457 e. The Hall–Kier alpha value is -4.72. The summed E-state index contributed by atoms with van der Waals surface area (Å²) in [4.78, 5) is 37.0. The maximum atomic E-state index is 13.1. The molecule has 35 heavy (non-hydrogen) atoms. The molecule has 8 nitrogen and oxygen atoms in total. The molecule has 0 fully saturated rings. The van der Waals surface area contributed by atoms with E-state index >= 15 is 0 Å². The van der Waals surface area contributed by atoms with E-state index in [4.69, 9.17) is 9.47 Å². The summed E-state index contributed by atoms with van der Waals surface area (Å²) in [7, 11) is 0. The summed E-state index contributed by atoms with van der Waals surface area (Å²) in [6, 6.07) is 24.2. The molecule has 4 rings (SSSR count). The molecule has 3 aromatic carbocycles. The Morgan fingerprint density at radius 1 is 0.771 bits per heavy atom. The van der Waals surface area contributed by atoms with Crippen LogP contribution in [-0.2, 0) is 32.3 Å². The van der Waals surface area contributed by atoms with Crippen LogP contribution >= 0.6 is 0 Å². The number of carbonyl (C=O) groups is 2. The highest BCUT2D eigenvalue weighted by atomic mass is 16.6. The second-order valence-corrected chi connectivity index (χ2v) is 7.77. The molecule has 0 atom stereocenters.